The standard InChI is InChI=1S/C11H18N4O2/c1-2-8-9(12)10(14-13-8)11(17)15-4-3-7(5-15)6-16/h7,16H,2-6,12H2,1H3,(H,13,14). The highest BCUT2D eigenvalue weighted by atomic mass is 16.3. The molecule has 1 fully saturated rings. The molecule has 94 valence electrons. The largest absolute Gasteiger partial charge is 0.396 e. The van der Waals surface area contributed by atoms with Gasteiger partial charge in [0.05, 0.1) is 11.4 Å². The maximum Gasteiger partial charge on any atom is 0.276 e. The number of likely N-dealkylation sites (tertiary alicyclic amines) is 1. The van der Waals surface area contributed by atoms with Crippen LogP contribution < -0.4 is 5.73 Å². The van der Waals surface area contributed by atoms with Gasteiger partial charge in [-0.2, -0.15) is 5.10 Å². The third-order valence-corrected chi connectivity index (χ3v) is 3.27. The molecule has 4 N–H and O–H groups in total. The second-order valence-electron chi connectivity index (χ2n) is 4.41. The Morgan fingerprint density at radius 1 is 1.71 bits per heavy atom. The maximum absolute atomic E-state index is 12.1. The molecule has 1 aliphatic heterocycles. The first-order chi connectivity index (χ1) is 8.17. The maximum atomic E-state index is 12.1. The minimum Gasteiger partial charge on any atom is -0.396 e. The summed E-state index contributed by atoms with van der Waals surface area (Å²) in [4.78, 5) is 13.8. The van der Waals surface area contributed by atoms with Gasteiger partial charge in [0.15, 0.2) is 5.69 Å². The summed E-state index contributed by atoms with van der Waals surface area (Å²) in [7, 11) is 0. The molecule has 0 aliphatic carbocycles. The second kappa shape index (κ2) is 4.75. The van der Waals surface area contributed by atoms with E-state index in [1.807, 2.05) is 6.92 Å². The molecule has 1 aromatic rings. The fourth-order valence-electron chi connectivity index (χ4n) is 2.14. The number of aromatic amines is 1. The van der Waals surface area contributed by atoms with Gasteiger partial charge in [-0.3, -0.25) is 9.89 Å². The number of hydrogen-bond donors (Lipinski definition) is 3. The summed E-state index contributed by atoms with van der Waals surface area (Å²) in [6.45, 7) is 3.33. The molecular weight excluding hydrogens is 220 g/mol. The van der Waals surface area contributed by atoms with Gasteiger partial charge in [0.2, 0.25) is 0 Å². The van der Waals surface area contributed by atoms with Crippen molar-refractivity contribution in [1.29, 1.82) is 0 Å². The number of hydrogen-bond acceptors (Lipinski definition) is 4. The lowest BCUT2D eigenvalue weighted by atomic mass is 10.1. The van der Waals surface area contributed by atoms with E-state index in [-0.39, 0.29) is 18.4 Å². The molecule has 6 nitrogen and oxygen atoms in total. The number of amides is 1. The Kier molecular flexibility index (Phi) is 3.33. The molecule has 1 atom stereocenters. The first-order valence-corrected chi connectivity index (χ1v) is 5.90. The molecule has 2 rings (SSSR count). The summed E-state index contributed by atoms with van der Waals surface area (Å²) in [5, 5.41) is 15.8. The van der Waals surface area contributed by atoms with E-state index in [1.165, 1.54) is 0 Å². The van der Waals surface area contributed by atoms with Crippen LogP contribution >= 0.6 is 0 Å². The Morgan fingerprint density at radius 2 is 2.47 bits per heavy atom. The number of aryl methyl sites for hydroxylation is 1. The average Bonchev–Trinajstić information content (AvgIpc) is 2.94. The zero-order valence-corrected chi connectivity index (χ0v) is 9.94. The summed E-state index contributed by atoms with van der Waals surface area (Å²) in [5.41, 5.74) is 7.41. The number of nitrogens with two attached hydrogens (primary N) is 1. The molecule has 0 radical (unpaired) electrons. The zero-order chi connectivity index (χ0) is 12.4. The van der Waals surface area contributed by atoms with E-state index in [1.54, 1.807) is 4.90 Å². The topological polar surface area (TPSA) is 95.2 Å². The predicted molar refractivity (Wildman–Crippen MR) is 63.5 cm³/mol. The van der Waals surface area contributed by atoms with Crippen LogP contribution in [0.25, 0.3) is 0 Å². The Hall–Kier alpha value is -1.56. The molecule has 1 saturated heterocycles. The van der Waals surface area contributed by atoms with Gasteiger partial charge < -0.3 is 15.7 Å². The van der Waals surface area contributed by atoms with Crippen molar-refractivity contribution in [2.24, 2.45) is 5.92 Å². The number of nitrogen functional groups attached to an aromatic ring is 1. The van der Waals surface area contributed by atoms with Crippen molar-refractivity contribution >= 4 is 11.6 Å². The highest BCUT2D eigenvalue weighted by Gasteiger charge is 2.29. The number of H-pyrrole nitrogens is 1. The van der Waals surface area contributed by atoms with Crippen molar-refractivity contribution in [3.05, 3.63) is 11.4 Å². The normalized spacial score (nSPS) is 19.9. The van der Waals surface area contributed by atoms with Crippen LogP contribution in [0.4, 0.5) is 5.69 Å². The molecule has 1 aromatic heterocycles. The molecule has 0 aromatic carbocycles. The molecule has 6 heteroatoms. The Labute approximate surface area is 99.8 Å². The van der Waals surface area contributed by atoms with E-state index in [2.05, 4.69) is 10.2 Å². The second-order valence-corrected chi connectivity index (χ2v) is 4.41. The quantitative estimate of drug-likeness (QED) is 0.691. The van der Waals surface area contributed by atoms with E-state index < -0.39 is 0 Å². The van der Waals surface area contributed by atoms with Gasteiger partial charge in [-0.15, -0.1) is 0 Å². The number of aliphatic hydroxyl groups excluding tert-OH is 1. The number of aliphatic hydroxyl groups is 1. The third kappa shape index (κ3) is 2.12. The summed E-state index contributed by atoms with van der Waals surface area (Å²) < 4.78 is 0. The van der Waals surface area contributed by atoms with E-state index >= 15 is 0 Å². The number of rotatable bonds is 3. The first kappa shape index (κ1) is 11.9. The Balaban J connectivity index is 2.12. The van der Waals surface area contributed by atoms with Crippen molar-refractivity contribution < 1.29 is 9.90 Å². The molecule has 1 amide bonds. The van der Waals surface area contributed by atoms with Crippen molar-refractivity contribution in [3.63, 3.8) is 0 Å². The van der Waals surface area contributed by atoms with Crippen LogP contribution in [-0.2, 0) is 6.42 Å². The first-order valence-electron chi connectivity index (χ1n) is 5.90. The summed E-state index contributed by atoms with van der Waals surface area (Å²) in [6.07, 6.45) is 1.57. The van der Waals surface area contributed by atoms with Crippen molar-refractivity contribution in [1.82, 2.24) is 15.1 Å². The molecular formula is C11H18N4O2. The summed E-state index contributed by atoms with van der Waals surface area (Å²) >= 11 is 0. The van der Waals surface area contributed by atoms with Gasteiger partial charge in [0, 0.05) is 25.6 Å². The van der Waals surface area contributed by atoms with E-state index in [0.29, 0.717) is 24.5 Å². The summed E-state index contributed by atoms with van der Waals surface area (Å²) in [5.74, 6) is 0.0409. The van der Waals surface area contributed by atoms with Crippen LogP contribution in [0.5, 0.6) is 0 Å². The highest BCUT2D eigenvalue weighted by Crippen LogP contribution is 2.21. The fraction of sp³-hybridized carbons (Fsp3) is 0.636. The predicted octanol–water partition coefficient (Wildman–Crippen LogP) is 0.00870. The zero-order valence-electron chi connectivity index (χ0n) is 9.94. The number of carbonyl (C=O) groups excluding carboxylic acids is 1. The third-order valence-electron chi connectivity index (χ3n) is 3.27. The minimum absolute atomic E-state index is 0.125. The van der Waals surface area contributed by atoms with E-state index in [0.717, 1.165) is 18.5 Å². The van der Waals surface area contributed by atoms with Gasteiger partial charge in [-0.05, 0) is 12.8 Å². The van der Waals surface area contributed by atoms with Gasteiger partial charge in [0.25, 0.3) is 5.91 Å². The number of nitrogens with zero attached hydrogens (tertiary/aromatic N) is 2. The molecule has 17 heavy (non-hydrogen) atoms. The Bertz CT molecular complexity index is 416. The van der Waals surface area contributed by atoms with E-state index in [4.69, 9.17) is 10.8 Å². The summed E-state index contributed by atoms with van der Waals surface area (Å²) in [6, 6.07) is 0. The fourth-order valence-corrected chi connectivity index (χ4v) is 2.14. The van der Waals surface area contributed by atoms with Crippen molar-refractivity contribution in [3.8, 4) is 0 Å². The number of aromatic nitrogens is 2. The Morgan fingerprint density at radius 3 is 3.00 bits per heavy atom. The molecule has 1 aliphatic rings. The number of nitrogens with one attached hydrogen (secondary N) is 1. The minimum atomic E-state index is -0.144. The van der Waals surface area contributed by atoms with Gasteiger partial charge in [0.1, 0.15) is 0 Å². The van der Waals surface area contributed by atoms with Gasteiger partial charge in [-0.1, -0.05) is 6.92 Å². The van der Waals surface area contributed by atoms with Crippen LogP contribution in [-0.4, -0.2) is 45.8 Å². The average molecular weight is 238 g/mol. The monoisotopic (exact) mass is 238 g/mol. The van der Waals surface area contributed by atoms with Gasteiger partial charge >= 0.3 is 0 Å². The van der Waals surface area contributed by atoms with Crippen molar-refractivity contribution in [2.75, 3.05) is 25.4 Å². The van der Waals surface area contributed by atoms with Crippen LogP contribution in [0, 0.1) is 5.92 Å². The van der Waals surface area contributed by atoms with Crippen LogP contribution in [0.3, 0.4) is 0 Å². The smallest absolute Gasteiger partial charge is 0.276 e. The molecule has 2 heterocycles. The lowest BCUT2D eigenvalue weighted by Gasteiger charge is -2.14. The van der Waals surface area contributed by atoms with Crippen LogP contribution in [0.2, 0.25) is 0 Å². The SMILES string of the molecule is CCc1[nH]nc(C(=O)N2CCC(CO)C2)c1N. The molecule has 0 spiro atoms. The van der Waals surface area contributed by atoms with Crippen molar-refractivity contribution in [2.45, 2.75) is 19.8 Å². The molecule has 1 unspecified atom stereocenters. The van der Waals surface area contributed by atoms with Crippen LogP contribution in [0.15, 0.2) is 0 Å². The van der Waals surface area contributed by atoms with Gasteiger partial charge in [-0.25, -0.2) is 0 Å². The molecule has 0 bridgehead atoms. The highest BCUT2D eigenvalue weighted by molar-refractivity contribution is 5.97. The number of anilines is 1. The van der Waals surface area contributed by atoms with Crippen LogP contribution in [0.1, 0.15) is 29.5 Å². The molecule has 0 saturated carbocycles. The number of carbonyl (C=O) groups is 1. The lowest BCUT2D eigenvalue weighted by Crippen LogP contribution is -2.30. The lowest BCUT2D eigenvalue weighted by molar-refractivity contribution is 0.0777. The van der Waals surface area contributed by atoms with E-state index in [9.17, 15) is 4.79 Å².